The Morgan fingerprint density at radius 3 is 2.33 bits per heavy atom. The number of hydrogen-bond donors (Lipinski definition) is 2. The monoisotopic (exact) mass is 637 g/mol. The van der Waals surface area contributed by atoms with Crippen molar-refractivity contribution < 1.29 is 18.1 Å². The van der Waals surface area contributed by atoms with E-state index < -0.39 is 15.5 Å². The number of hydrogen-bond acceptors (Lipinski definition) is 4. The van der Waals surface area contributed by atoms with E-state index in [0.29, 0.717) is 6.42 Å². The Hall–Kier alpha value is -4.20. The third-order valence-electron chi connectivity index (χ3n) is 9.20. The van der Waals surface area contributed by atoms with Crippen LogP contribution in [0.5, 0.6) is 0 Å². The number of aliphatic hydroxyl groups excluding tert-OH is 1. The van der Waals surface area contributed by atoms with Crippen molar-refractivity contribution >= 4 is 32.9 Å². The predicted molar refractivity (Wildman–Crippen MR) is 190 cm³/mol. The van der Waals surface area contributed by atoms with Crippen LogP contribution in [-0.4, -0.2) is 30.3 Å². The molecule has 7 heteroatoms. The smallest absolute Gasteiger partial charge is 0.294 e. The SMILES string of the molecule is C=C(O)CCCCCN1/C(=C/C=C/C=C/C2=[N+](c3ccccc3)c3ccc(C)cc3C2(C)C)C(C)(C)c2cc(S(=O)(=O)O)ccc21. The lowest BCUT2D eigenvalue weighted by atomic mass is 9.81. The second kappa shape index (κ2) is 12.9. The summed E-state index contributed by atoms with van der Waals surface area (Å²) in [5.41, 5.74) is 8.21. The Morgan fingerprint density at radius 1 is 0.891 bits per heavy atom. The Balaban J connectivity index is 1.47. The van der Waals surface area contributed by atoms with Crippen LogP contribution >= 0.6 is 0 Å². The molecule has 0 amide bonds. The first-order valence-corrected chi connectivity index (χ1v) is 17.3. The third kappa shape index (κ3) is 6.53. The minimum absolute atomic E-state index is 0.101. The van der Waals surface area contributed by atoms with E-state index in [2.05, 4.69) is 111 Å². The highest BCUT2D eigenvalue weighted by molar-refractivity contribution is 7.85. The molecule has 0 atom stereocenters. The van der Waals surface area contributed by atoms with E-state index in [4.69, 9.17) is 0 Å². The van der Waals surface area contributed by atoms with Gasteiger partial charge in [0.2, 0.25) is 11.4 Å². The molecular formula is C39H45N2O4S+. The molecule has 2 N–H and O–H groups in total. The molecule has 0 radical (unpaired) electrons. The lowest BCUT2D eigenvalue weighted by molar-refractivity contribution is 0.384. The lowest BCUT2D eigenvalue weighted by Crippen LogP contribution is -2.27. The van der Waals surface area contributed by atoms with E-state index in [1.54, 1.807) is 12.1 Å². The van der Waals surface area contributed by atoms with E-state index in [-0.39, 0.29) is 16.1 Å². The van der Waals surface area contributed by atoms with E-state index in [1.807, 2.05) is 18.2 Å². The maximum absolute atomic E-state index is 12.0. The fourth-order valence-electron chi connectivity index (χ4n) is 6.72. The number of para-hydroxylation sites is 1. The molecule has 0 unspecified atom stereocenters. The molecule has 0 aliphatic carbocycles. The molecule has 0 saturated heterocycles. The summed E-state index contributed by atoms with van der Waals surface area (Å²) < 4.78 is 36.1. The van der Waals surface area contributed by atoms with Crippen molar-refractivity contribution in [2.45, 2.75) is 76.0 Å². The molecule has 2 aliphatic rings. The highest BCUT2D eigenvalue weighted by Gasteiger charge is 2.45. The first-order valence-electron chi connectivity index (χ1n) is 15.9. The van der Waals surface area contributed by atoms with Gasteiger partial charge in [-0.2, -0.15) is 13.0 Å². The van der Waals surface area contributed by atoms with E-state index in [0.717, 1.165) is 48.4 Å². The number of nitrogens with zero attached hydrogens (tertiary/aromatic N) is 2. The zero-order valence-corrected chi connectivity index (χ0v) is 28.3. The van der Waals surface area contributed by atoms with Crippen molar-refractivity contribution in [2.24, 2.45) is 0 Å². The molecule has 5 rings (SSSR count). The third-order valence-corrected chi connectivity index (χ3v) is 10.1. The zero-order chi connectivity index (χ0) is 33.3. The van der Waals surface area contributed by atoms with E-state index in [1.165, 1.54) is 28.6 Å². The Kier molecular flexibility index (Phi) is 9.30. The van der Waals surface area contributed by atoms with Gasteiger partial charge in [-0.15, -0.1) is 0 Å². The predicted octanol–water partition coefficient (Wildman–Crippen LogP) is 9.23. The summed E-state index contributed by atoms with van der Waals surface area (Å²) >= 11 is 0. The maximum Gasteiger partial charge on any atom is 0.294 e. The van der Waals surface area contributed by atoms with Gasteiger partial charge in [0.05, 0.1) is 16.1 Å². The van der Waals surface area contributed by atoms with Crippen molar-refractivity contribution in [3.8, 4) is 0 Å². The van der Waals surface area contributed by atoms with E-state index >= 15 is 0 Å². The Bertz CT molecular complexity index is 1880. The average Bonchev–Trinajstić information content (AvgIpc) is 3.34. The molecule has 0 fully saturated rings. The summed E-state index contributed by atoms with van der Waals surface area (Å²) in [6, 6.07) is 22.0. The largest absolute Gasteiger partial charge is 0.513 e. The summed E-state index contributed by atoms with van der Waals surface area (Å²) in [5.74, 6) is 0.203. The second-order valence-electron chi connectivity index (χ2n) is 13.3. The minimum Gasteiger partial charge on any atom is -0.513 e. The van der Waals surface area contributed by atoms with Gasteiger partial charge in [-0.3, -0.25) is 4.55 Å². The number of anilines is 1. The fraction of sp³-hybridized carbons (Fsp3) is 0.308. The zero-order valence-electron chi connectivity index (χ0n) is 27.5. The summed E-state index contributed by atoms with van der Waals surface area (Å²) in [6.45, 7) is 15.2. The summed E-state index contributed by atoms with van der Waals surface area (Å²) in [6.07, 6.45) is 13.7. The van der Waals surface area contributed by atoms with Crippen molar-refractivity contribution in [1.29, 1.82) is 0 Å². The lowest BCUT2D eigenvalue weighted by Gasteiger charge is -2.27. The number of rotatable bonds is 11. The van der Waals surface area contributed by atoms with Crippen LogP contribution in [0, 0.1) is 6.92 Å². The van der Waals surface area contributed by atoms with Crippen LogP contribution in [-0.2, 0) is 20.9 Å². The highest BCUT2D eigenvalue weighted by atomic mass is 32.2. The highest BCUT2D eigenvalue weighted by Crippen LogP contribution is 2.48. The molecule has 6 nitrogen and oxygen atoms in total. The first kappa shape index (κ1) is 33.2. The van der Waals surface area contributed by atoms with Gasteiger partial charge in [0.15, 0.2) is 5.71 Å². The van der Waals surface area contributed by atoms with Gasteiger partial charge in [0.25, 0.3) is 10.1 Å². The molecule has 0 aromatic heterocycles. The van der Waals surface area contributed by atoms with Gasteiger partial charge < -0.3 is 10.0 Å². The van der Waals surface area contributed by atoms with Crippen molar-refractivity contribution in [3.05, 3.63) is 132 Å². The van der Waals surface area contributed by atoms with Crippen molar-refractivity contribution in [1.82, 2.24) is 4.58 Å². The van der Waals surface area contributed by atoms with Gasteiger partial charge in [-0.1, -0.05) is 74.9 Å². The molecular weight excluding hydrogens is 593 g/mol. The van der Waals surface area contributed by atoms with Crippen molar-refractivity contribution in [3.63, 3.8) is 0 Å². The van der Waals surface area contributed by atoms with Crippen LogP contribution in [0.4, 0.5) is 17.1 Å². The molecule has 0 spiro atoms. The average molecular weight is 638 g/mol. The number of allylic oxidation sites excluding steroid dienone is 7. The van der Waals surface area contributed by atoms with Crippen LogP contribution < -0.4 is 9.48 Å². The number of aryl methyl sites for hydroxylation is 1. The minimum atomic E-state index is -4.33. The van der Waals surface area contributed by atoms with Crippen LogP contribution in [0.1, 0.15) is 70.1 Å². The number of unbranched alkanes of at least 4 members (excludes halogenated alkanes) is 2. The van der Waals surface area contributed by atoms with Gasteiger partial charge in [-0.05, 0) is 69.5 Å². The molecule has 240 valence electrons. The molecule has 0 saturated carbocycles. The van der Waals surface area contributed by atoms with Crippen LogP contribution in [0.25, 0.3) is 0 Å². The second-order valence-corrected chi connectivity index (χ2v) is 14.7. The molecule has 2 heterocycles. The normalized spacial score (nSPS) is 17.8. The number of benzene rings is 3. The van der Waals surface area contributed by atoms with E-state index in [9.17, 15) is 18.1 Å². The first-order chi connectivity index (χ1) is 21.7. The fourth-order valence-corrected chi connectivity index (χ4v) is 7.23. The number of fused-ring (bicyclic) bond motifs is 2. The molecule has 3 aromatic carbocycles. The van der Waals surface area contributed by atoms with Crippen molar-refractivity contribution in [2.75, 3.05) is 11.4 Å². The van der Waals surface area contributed by atoms with Crippen LogP contribution in [0.15, 0.2) is 120 Å². The quantitative estimate of drug-likeness (QED) is 0.0720. The maximum atomic E-state index is 12.0. The molecule has 0 bridgehead atoms. The molecule has 3 aromatic rings. The van der Waals surface area contributed by atoms with Gasteiger partial charge >= 0.3 is 0 Å². The topological polar surface area (TPSA) is 80.8 Å². The summed E-state index contributed by atoms with van der Waals surface area (Å²) in [5, 5.41) is 9.46. The summed E-state index contributed by atoms with van der Waals surface area (Å²) in [4.78, 5) is 2.14. The Morgan fingerprint density at radius 2 is 1.63 bits per heavy atom. The van der Waals surface area contributed by atoms with Crippen LogP contribution in [0.2, 0.25) is 0 Å². The standard InChI is InChI=1S/C39H44N2O4S/c1-28-21-23-35-32(26-28)39(5,6)37(41(35)30-17-11-7-12-18-30)20-14-8-13-19-36-38(3,4)33-27-31(46(43,44)45)22-24-34(33)40(36)25-15-9-10-16-29(2)42/h7-8,11-14,17-24,26-27H,2,9-10,15-16,25H2,1,3-6H3,(H-,42,43,44,45)/p+1. The van der Waals surface area contributed by atoms with Gasteiger partial charge in [0.1, 0.15) is 0 Å². The Labute approximate surface area is 274 Å². The molecule has 2 aliphatic heterocycles. The molecule has 46 heavy (non-hydrogen) atoms. The number of aliphatic hydroxyl groups is 1. The van der Waals surface area contributed by atoms with Gasteiger partial charge in [-0.25, -0.2) is 0 Å². The summed E-state index contributed by atoms with van der Waals surface area (Å²) in [7, 11) is -4.33. The van der Waals surface area contributed by atoms with Crippen LogP contribution in [0.3, 0.4) is 0 Å². The van der Waals surface area contributed by atoms with Gasteiger partial charge in [0, 0.05) is 59.6 Å².